The van der Waals surface area contributed by atoms with Gasteiger partial charge in [0.05, 0.1) is 4.90 Å². The van der Waals surface area contributed by atoms with Gasteiger partial charge in [-0.25, -0.2) is 13.1 Å². The van der Waals surface area contributed by atoms with E-state index in [1.54, 1.807) is 19.1 Å². The second-order valence-corrected chi connectivity index (χ2v) is 10.1. The van der Waals surface area contributed by atoms with E-state index in [2.05, 4.69) is 33.1 Å². The van der Waals surface area contributed by atoms with E-state index in [1.165, 1.54) is 17.3 Å². The Balaban J connectivity index is 1.33. The molecule has 1 aliphatic heterocycles. The molecule has 0 unspecified atom stereocenters. The number of hydrogen-bond acceptors (Lipinski definition) is 4. The van der Waals surface area contributed by atoms with Gasteiger partial charge in [-0.05, 0) is 79.8 Å². The highest BCUT2D eigenvalue weighted by Crippen LogP contribution is 2.34. The molecule has 0 aromatic heterocycles. The van der Waals surface area contributed by atoms with Crippen molar-refractivity contribution in [2.75, 3.05) is 16.8 Å². The number of benzene rings is 3. The van der Waals surface area contributed by atoms with Crippen molar-refractivity contribution in [3.8, 4) is 0 Å². The first-order valence-corrected chi connectivity index (χ1v) is 12.3. The number of hydrogen-bond donors (Lipinski definition) is 2. The number of carbonyl (C=O) groups excluding carboxylic acids is 1. The lowest BCUT2D eigenvalue weighted by Crippen LogP contribution is -2.26. The number of carbonyl (C=O) groups is 1. The largest absolute Gasteiger partial charge is 0.341 e. The van der Waals surface area contributed by atoms with Crippen LogP contribution in [0.25, 0.3) is 0 Å². The quantitative estimate of drug-likeness (QED) is 0.588. The Hall–Kier alpha value is -3.16. The van der Waals surface area contributed by atoms with Gasteiger partial charge in [-0.1, -0.05) is 24.3 Å². The van der Waals surface area contributed by atoms with Gasteiger partial charge in [0.25, 0.3) is 5.91 Å². The first-order chi connectivity index (χ1) is 15.4. The highest BCUT2D eigenvalue weighted by molar-refractivity contribution is 7.89. The van der Waals surface area contributed by atoms with Gasteiger partial charge in [-0.3, -0.25) is 4.79 Å². The van der Waals surface area contributed by atoms with E-state index in [-0.39, 0.29) is 16.8 Å². The summed E-state index contributed by atoms with van der Waals surface area (Å²) in [6.07, 6.45) is 2.73. The highest BCUT2D eigenvalue weighted by Gasteiger charge is 2.28. The molecule has 0 spiro atoms. The number of para-hydroxylation sites is 1. The summed E-state index contributed by atoms with van der Waals surface area (Å²) in [4.78, 5) is 15.3. The number of sulfonamides is 1. The normalized spacial score (nSPS) is 15.5. The molecule has 164 valence electrons. The van der Waals surface area contributed by atoms with Crippen molar-refractivity contribution in [1.82, 2.24) is 4.72 Å². The number of fused-ring (bicyclic) bond motifs is 1. The van der Waals surface area contributed by atoms with Crippen molar-refractivity contribution in [2.24, 2.45) is 0 Å². The van der Waals surface area contributed by atoms with Gasteiger partial charge in [0.1, 0.15) is 0 Å². The minimum atomic E-state index is -3.62. The van der Waals surface area contributed by atoms with Crippen molar-refractivity contribution >= 4 is 33.0 Å². The summed E-state index contributed by atoms with van der Waals surface area (Å²) < 4.78 is 27.7. The lowest BCUT2D eigenvalue weighted by molar-refractivity contribution is 0.102. The summed E-state index contributed by atoms with van der Waals surface area (Å²) in [6, 6.07) is 20.8. The predicted octanol–water partition coefficient (Wildman–Crippen LogP) is 4.38. The van der Waals surface area contributed by atoms with Gasteiger partial charge in [0.2, 0.25) is 10.0 Å². The third-order valence-corrected chi connectivity index (χ3v) is 7.51. The molecule has 1 fully saturated rings. The predicted molar refractivity (Wildman–Crippen MR) is 126 cm³/mol. The van der Waals surface area contributed by atoms with E-state index in [4.69, 9.17) is 0 Å². The fourth-order valence-electron chi connectivity index (χ4n) is 4.03. The van der Waals surface area contributed by atoms with Gasteiger partial charge in [0.15, 0.2) is 0 Å². The molecule has 0 atom stereocenters. The Morgan fingerprint density at radius 3 is 2.50 bits per heavy atom. The molecule has 6 nitrogen and oxygen atoms in total. The van der Waals surface area contributed by atoms with Crippen molar-refractivity contribution in [3.63, 3.8) is 0 Å². The van der Waals surface area contributed by atoms with E-state index >= 15 is 0 Å². The molecule has 7 heteroatoms. The van der Waals surface area contributed by atoms with Gasteiger partial charge in [0, 0.05) is 35.2 Å². The van der Waals surface area contributed by atoms with E-state index in [1.807, 2.05) is 30.3 Å². The number of rotatable bonds is 6. The summed E-state index contributed by atoms with van der Waals surface area (Å²) >= 11 is 0. The molecule has 32 heavy (non-hydrogen) atoms. The Bertz CT molecular complexity index is 1280. The number of nitrogens with zero attached hydrogens (tertiary/aromatic N) is 1. The van der Waals surface area contributed by atoms with E-state index in [9.17, 15) is 13.2 Å². The van der Waals surface area contributed by atoms with Gasteiger partial charge in [-0.15, -0.1) is 0 Å². The fourth-order valence-corrected chi connectivity index (χ4v) is 5.36. The topological polar surface area (TPSA) is 78.5 Å². The Labute approximate surface area is 188 Å². The van der Waals surface area contributed by atoms with Crippen LogP contribution in [0.2, 0.25) is 0 Å². The van der Waals surface area contributed by atoms with Gasteiger partial charge < -0.3 is 10.2 Å². The molecule has 1 saturated carbocycles. The summed E-state index contributed by atoms with van der Waals surface area (Å²) in [5.41, 5.74) is 5.36. The van der Waals surface area contributed by atoms with Gasteiger partial charge >= 0.3 is 0 Å². The molecule has 0 radical (unpaired) electrons. The van der Waals surface area contributed by atoms with Crippen molar-refractivity contribution in [2.45, 2.75) is 37.1 Å². The molecule has 1 amide bonds. The van der Waals surface area contributed by atoms with Crippen LogP contribution in [-0.2, 0) is 16.4 Å². The molecule has 1 aliphatic carbocycles. The first kappa shape index (κ1) is 20.7. The molecule has 3 aromatic rings. The van der Waals surface area contributed by atoms with Crippen LogP contribution in [0.1, 0.15) is 34.3 Å². The van der Waals surface area contributed by atoms with E-state index in [0.717, 1.165) is 37.1 Å². The average molecular weight is 448 g/mol. The molecular formula is C25H25N3O3S. The van der Waals surface area contributed by atoms with Crippen molar-refractivity contribution in [1.29, 1.82) is 0 Å². The third-order valence-electron chi connectivity index (χ3n) is 5.99. The number of amides is 1. The fraction of sp³-hybridized carbons (Fsp3) is 0.240. The number of aryl methyl sites for hydroxylation is 1. The Morgan fingerprint density at radius 1 is 1.00 bits per heavy atom. The van der Waals surface area contributed by atoms with Crippen LogP contribution in [0.5, 0.6) is 0 Å². The Morgan fingerprint density at radius 2 is 1.75 bits per heavy atom. The minimum absolute atomic E-state index is 0.0136. The van der Waals surface area contributed by atoms with E-state index < -0.39 is 10.0 Å². The maximum absolute atomic E-state index is 12.9. The van der Waals surface area contributed by atoms with Crippen LogP contribution < -0.4 is 14.9 Å². The van der Waals surface area contributed by atoms with Crippen LogP contribution in [0.15, 0.2) is 71.6 Å². The molecule has 3 aromatic carbocycles. The highest BCUT2D eigenvalue weighted by atomic mass is 32.2. The van der Waals surface area contributed by atoms with Crippen molar-refractivity contribution < 1.29 is 13.2 Å². The summed E-state index contributed by atoms with van der Waals surface area (Å²) in [5, 5.41) is 2.90. The molecule has 5 rings (SSSR count). The molecule has 0 saturated heterocycles. The lowest BCUT2D eigenvalue weighted by atomic mass is 10.1. The Kier molecular flexibility index (Phi) is 5.23. The van der Waals surface area contributed by atoms with E-state index in [0.29, 0.717) is 11.3 Å². The SMILES string of the molecule is Cc1ccc(S(=O)(=O)NC2CC2)cc1C(=O)Nc1ccc(N2CCc3ccccc32)cc1. The molecular weight excluding hydrogens is 422 g/mol. The summed E-state index contributed by atoms with van der Waals surface area (Å²) in [7, 11) is -3.62. The maximum atomic E-state index is 12.9. The molecule has 2 N–H and O–H groups in total. The lowest BCUT2D eigenvalue weighted by Gasteiger charge is -2.20. The van der Waals surface area contributed by atoms with Crippen LogP contribution in [0.3, 0.4) is 0 Å². The first-order valence-electron chi connectivity index (χ1n) is 10.8. The second-order valence-electron chi connectivity index (χ2n) is 8.40. The standard InChI is InChI=1S/C25H25N3O3S/c1-17-6-13-22(32(30,31)27-20-7-8-20)16-23(17)25(29)26-19-9-11-21(12-10-19)28-15-14-18-4-2-3-5-24(18)28/h2-6,9-13,16,20,27H,7-8,14-15H2,1H3,(H,26,29). The smallest absolute Gasteiger partial charge is 0.255 e. The van der Waals surface area contributed by atoms with Gasteiger partial charge in [-0.2, -0.15) is 0 Å². The summed E-state index contributed by atoms with van der Waals surface area (Å²) in [5.74, 6) is -0.328. The van der Waals surface area contributed by atoms with Crippen LogP contribution >= 0.6 is 0 Å². The van der Waals surface area contributed by atoms with Crippen LogP contribution in [0.4, 0.5) is 17.1 Å². The molecule has 2 aliphatic rings. The van der Waals surface area contributed by atoms with Crippen LogP contribution in [0, 0.1) is 6.92 Å². The van der Waals surface area contributed by atoms with Crippen molar-refractivity contribution in [3.05, 3.63) is 83.4 Å². The second kappa shape index (κ2) is 8.07. The molecule has 0 bridgehead atoms. The number of nitrogens with one attached hydrogen (secondary N) is 2. The third kappa shape index (κ3) is 4.13. The zero-order valence-corrected chi connectivity index (χ0v) is 18.7. The minimum Gasteiger partial charge on any atom is -0.341 e. The summed E-state index contributed by atoms with van der Waals surface area (Å²) in [6.45, 7) is 2.73. The monoisotopic (exact) mass is 447 g/mol. The zero-order valence-electron chi connectivity index (χ0n) is 17.8. The maximum Gasteiger partial charge on any atom is 0.255 e. The van der Waals surface area contributed by atoms with Crippen LogP contribution in [-0.4, -0.2) is 26.9 Å². The average Bonchev–Trinajstić information content (AvgIpc) is 3.48. The number of anilines is 3. The zero-order chi connectivity index (χ0) is 22.3. The molecule has 1 heterocycles.